The van der Waals surface area contributed by atoms with E-state index in [1.165, 1.54) is 19.4 Å². The van der Waals surface area contributed by atoms with Crippen LogP contribution in [0.3, 0.4) is 0 Å². The number of nitrogens with zero attached hydrogens (tertiary/aromatic N) is 1. The summed E-state index contributed by atoms with van der Waals surface area (Å²) in [5.41, 5.74) is 3.59. The van der Waals surface area contributed by atoms with Crippen LogP contribution in [0.15, 0.2) is 30.5 Å². The van der Waals surface area contributed by atoms with Crippen molar-refractivity contribution in [2.24, 2.45) is 5.73 Å². The van der Waals surface area contributed by atoms with Crippen molar-refractivity contribution in [3.63, 3.8) is 0 Å². The Kier molecular flexibility index (Phi) is 5.98. The van der Waals surface area contributed by atoms with Crippen molar-refractivity contribution in [1.82, 2.24) is 9.97 Å². The minimum Gasteiger partial charge on any atom is -0.481 e. The monoisotopic (exact) mass is 431 g/mol. The maximum Gasteiger partial charge on any atom is 0.417 e. The van der Waals surface area contributed by atoms with Crippen molar-refractivity contribution in [3.05, 3.63) is 47.2 Å². The van der Waals surface area contributed by atoms with Crippen molar-refractivity contribution in [2.45, 2.75) is 31.6 Å². The Labute approximate surface area is 168 Å². The molecule has 0 aliphatic rings. The Morgan fingerprint density at radius 1 is 1.03 bits per heavy atom. The van der Waals surface area contributed by atoms with Crippen molar-refractivity contribution >= 4 is 10.9 Å². The lowest BCUT2D eigenvalue weighted by Crippen LogP contribution is -2.11. The van der Waals surface area contributed by atoms with Crippen molar-refractivity contribution in [1.29, 1.82) is 0 Å². The first-order chi connectivity index (χ1) is 14.1. The van der Waals surface area contributed by atoms with Gasteiger partial charge in [-0.1, -0.05) is 0 Å². The number of aromatic amines is 1. The second-order valence-corrected chi connectivity index (χ2v) is 6.76. The van der Waals surface area contributed by atoms with Crippen molar-refractivity contribution < 1.29 is 31.1 Å². The number of unbranched alkanes of at least 4 members (excludes halogenated alkanes) is 1. The molecule has 0 aliphatic heterocycles. The third kappa shape index (κ3) is 4.38. The number of hydrogen-bond acceptors (Lipinski definition) is 3. The van der Waals surface area contributed by atoms with E-state index in [1.54, 1.807) is 6.07 Å². The number of halogens is 6. The zero-order chi connectivity index (χ0) is 22.1. The second kappa shape index (κ2) is 8.17. The summed E-state index contributed by atoms with van der Waals surface area (Å²) in [5.74, 6) is 0.301. The van der Waals surface area contributed by atoms with E-state index in [1.807, 2.05) is 0 Å². The average molecular weight is 431 g/mol. The molecule has 0 spiro atoms. The number of alkyl halides is 6. The molecule has 3 rings (SSSR count). The normalized spacial score (nSPS) is 12.5. The molecule has 0 saturated heterocycles. The highest BCUT2D eigenvalue weighted by molar-refractivity contribution is 5.94. The van der Waals surface area contributed by atoms with E-state index in [9.17, 15) is 26.3 Å². The lowest BCUT2D eigenvalue weighted by Gasteiger charge is -2.14. The van der Waals surface area contributed by atoms with E-state index in [4.69, 9.17) is 10.5 Å². The third-order valence-electron chi connectivity index (χ3n) is 4.75. The molecule has 4 nitrogen and oxygen atoms in total. The Balaban J connectivity index is 2.30. The molecule has 2 heterocycles. The molecular weight excluding hydrogens is 412 g/mol. The zero-order valence-corrected chi connectivity index (χ0v) is 15.9. The average Bonchev–Trinajstić information content (AvgIpc) is 3.04. The number of nitrogens with one attached hydrogen (secondary N) is 1. The first kappa shape index (κ1) is 21.9. The van der Waals surface area contributed by atoms with Crippen LogP contribution in [0, 0.1) is 0 Å². The molecule has 0 unspecified atom stereocenters. The van der Waals surface area contributed by atoms with Gasteiger partial charge < -0.3 is 15.5 Å². The van der Waals surface area contributed by atoms with Gasteiger partial charge >= 0.3 is 12.4 Å². The van der Waals surface area contributed by atoms with E-state index in [0.29, 0.717) is 42.6 Å². The molecule has 1 aromatic carbocycles. The molecule has 0 radical (unpaired) electrons. The number of rotatable bonds is 6. The van der Waals surface area contributed by atoms with Crippen LogP contribution in [0.1, 0.15) is 29.5 Å². The molecule has 10 heteroatoms. The standard InChI is InChI=1S/C20H19F6N3O/c1-30-16-6-5-11(10-28-16)18-13(4-2-3-7-27)17-14(20(24,25)26)8-12(19(21,22)23)9-15(17)29-18/h5-6,8-10,29H,2-4,7,27H2,1H3. The van der Waals surface area contributed by atoms with Crippen molar-refractivity contribution in [3.8, 4) is 17.1 Å². The maximum absolute atomic E-state index is 13.7. The predicted molar refractivity (Wildman–Crippen MR) is 100 cm³/mol. The number of fused-ring (bicyclic) bond motifs is 1. The van der Waals surface area contributed by atoms with Gasteiger partial charge in [0, 0.05) is 28.7 Å². The van der Waals surface area contributed by atoms with E-state index < -0.39 is 23.5 Å². The first-order valence-corrected chi connectivity index (χ1v) is 9.09. The lowest BCUT2D eigenvalue weighted by atomic mass is 9.96. The van der Waals surface area contributed by atoms with Gasteiger partial charge in [-0.05, 0) is 49.6 Å². The van der Waals surface area contributed by atoms with Crippen LogP contribution < -0.4 is 10.5 Å². The number of hydrogen-bond donors (Lipinski definition) is 2. The smallest absolute Gasteiger partial charge is 0.417 e. The molecule has 2 aromatic heterocycles. The Morgan fingerprint density at radius 3 is 2.30 bits per heavy atom. The minimum absolute atomic E-state index is 0.165. The van der Waals surface area contributed by atoms with Gasteiger partial charge in [-0.2, -0.15) is 26.3 Å². The van der Waals surface area contributed by atoms with E-state index >= 15 is 0 Å². The number of pyridine rings is 1. The predicted octanol–water partition coefficient (Wildman–Crippen LogP) is 5.56. The van der Waals surface area contributed by atoms with Crippen LogP contribution in [-0.2, 0) is 18.8 Å². The molecule has 162 valence electrons. The molecule has 0 fully saturated rings. The molecular formula is C20H19F6N3O. The lowest BCUT2D eigenvalue weighted by molar-refractivity contribution is -0.142. The Hall–Kier alpha value is -2.75. The Bertz CT molecular complexity index is 1020. The van der Waals surface area contributed by atoms with Crippen molar-refractivity contribution in [2.75, 3.05) is 13.7 Å². The molecule has 0 aliphatic carbocycles. The Morgan fingerprint density at radius 2 is 1.77 bits per heavy atom. The van der Waals surface area contributed by atoms with Crippen LogP contribution in [0.25, 0.3) is 22.2 Å². The molecule has 3 N–H and O–H groups in total. The first-order valence-electron chi connectivity index (χ1n) is 9.09. The molecule has 0 saturated carbocycles. The van der Waals surface area contributed by atoms with Gasteiger partial charge in [0.15, 0.2) is 0 Å². The summed E-state index contributed by atoms with van der Waals surface area (Å²) in [4.78, 5) is 6.80. The third-order valence-corrected chi connectivity index (χ3v) is 4.75. The van der Waals surface area contributed by atoms with Gasteiger partial charge in [-0.15, -0.1) is 0 Å². The summed E-state index contributed by atoms with van der Waals surface area (Å²) in [6.07, 6.45) is -7.21. The zero-order valence-electron chi connectivity index (χ0n) is 15.9. The number of H-pyrrole nitrogens is 1. The molecule has 30 heavy (non-hydrogen) atoms. The second-order valence-electron chi connectivity index (χ2n) is 6.76. The van der Waals surface area contributed by atoms with Gasteiger partial charge in [0.25, 0.3) is 0 Å². The quantitative estimate of drug-likeness (QED) is 0.397. The fourth-order valence-corrected chi connectivity index (χ4v) is 3.38. The fourth-order valence-electron chi connectivity index (χ4n) is 3.38. The van der Waals surface area contributed by atoms with Crippen LogP contribution >= 0.6 is 0 Å². The highest BCUT2D eigenvalue weighted by Crippen LogP contribution is 2.43. The largest absolute Gasteiger partial charge is 0.481 e. The number of benzene rings is 1. The van der Waals surface area contributed by atoms with Gasteiger partial charge in [-0.3, -0.25) is 0 Å². The molecule has 0 bridgehead atoms. The van der Waals surface area contributed by atoms with E-state index in [0.717, 1.165) is 0 Å². The molecule has 0 atom stereocenters. The highest BCUT2D eigenvalue weighted by atomic mass is 19.4. The van der Waals surface area contributed by atoms with Gasteiger partial charge in [0.1, 0.15) is 0 Å². The van der Waals surface area contributed by atoms with Gasteiger partial charge in [0.05, 0.1) is 23.9 Å². The van der Waals surface area contributed by atoms with Crippen LogP contribution in [0.2, 0.25) is 0 Å². The molecule has 0 amide bonds. The maximum atomic E-state index is 13.7. The van der Waals surface area contributed by atoms with Gasteiger partial charge in [-0.25, -0.2) is 4.98 Å². The summed E-state index contributed by atoms with van der Waals surface area (Å²) in [6, 6.07) is 3.98. The van der Waals surface area contributed by atoms with E-state index in [2.05, 4.69) is 9.97 Å². The summed E-state index contributed by atoms with van der Waals surface area (Å²) in [7, 11) is 1.41. The summed E-state index contributed by atoms with van der Waals surface area (Å²) < 4.78 is 85.9. The summed E-state index contributed by atoms with van der Waals surface area (Å²) in [6.45, 7) is 0.353. The van der Waals surface area contributed by atoms with E-state index in [-0.39, 0.29) is 29.0 Å². The topological polar surface area (TPSA) is 63.9 Å². The van der Waals surface area contributed by atoms with Crippen LogP contribution in [0.5, 0.6) is 5.88 Å². The SMILES string of the molecule is COc1ccc(-c2[nH]c3cc(C(F)(F)F)cc(C(F)(F)F)c3c2CCCCN)cn1. The minimum atomic E-state index is -4.96. The molecule has 3 aromatic rings. The fraction of sp³-hybridized carbons (Fsp3) is 0.350. The van der Waals surface area contributed by atoms with Gasteiger partial charge in [0.2, 0.25) is 5.88 Å². The number of nitrogens with two attached hydrogens (primary N) is 1. The van der Waals surface area contributed by atoms with Crippen LogP contribution in [-0.4, -0.2) is 23.6 Å². The highest BCUT2D eigenvalue weighted by Gasteiger charge is 2.39. The summed E-state index contributed by atoms with van der Waals surface area (Å²) in [5, 5.41) is -0.265. The number of ether oxygens (including phenoxy) is 1. The summed E-state index contributed by atoms with van der Waals surface area (Å²) >= 11 is 0. The number of methoxy groups -OCH3 is 1. The number of aryl methyl sites for hydroxylation is 1. The number of aromatic nitrogens is 2. The van der Waals surface area contributed by atoms with Crippen LogP contribution in [0.4, 0.5) is 26.3 Å².